The van der Waals surface area contributed by atoms with E-state index in [0.29, 0.717) is 5.92 Å². The fourth-order valence-electron chi connectivity index (χ4n) is 4.44. The third-order valence-corrected chi connectivity index (χ3v) is 5.91. The molecule has 1 aliphatic heterocycles. The number of likely N-dealkylation sites (tertiary alicyclic amines) is 1. The molecule has 0 unspecified atom stereocenters. The van der Waals surface area contributed by atoms with E-state index in [0.717, 1.165) is 49.5 Å². The molecule has 5 nitrogen and oxygen atoms in total. The number of hydrogen-bond acceptors (Lipinski definition) is 3. The normalized spacial score (nSPS) is 22.3. The Labute approximate surface area is 135 Å². The molecule has 0 spiro atoms. The van der Waals surface area contributed by atoms with Crippen LogP contribution in [0.1, 0.15) is 48.4 Å². The van der Waals surface area contributed by atoms with Gasteiger partial charge in [-0.05, 0) is 50.0 Å². The van der Waals surface area contributed by atoms with E-state index in [1.807, 2.05) is 11.7 Å². The number of aryl methyl sites for hydroxylation is 2. The predicted molar refractivity (Wildman–Crippen MR) is 89.9 cm³/mol. The molecule has 2 aromatic rings. The highest BCUT2D eigenvalue weighted by molar-refractivity contribution is 5.84. The van der Waals surface area contributed by atoms with Crippen LogP contribution in [0.5, 0.6) is 0 Å². The summed E-state index contributed by atoms with van der Waals surface area (Å²) in [5.41, 5.74) is 4.56. The van der Waals surface area contributed by atoms with Gasteiger partial charge in [-0.25, -0.2) is 0 Å². The number of rotatable bonds is 3. The van der Waals surface area contributed by atoms with Crippen molar-refractivity contribution in [1.29, 1.82) is 0 Å². The molecule has 122 valence electrons. The van der Waals surface area contributed by atoms with Gasteiger partial charge in [0.15, 0.2) is 0 Å². The van der Waals surface area contributed by atoms with Crippen LogP contribution in [0.15, 0.2) is 4.79 Å². The minimum Gasteiger partial charge on any atom is -0.307 e. The highest BCUT2D eigenvalue weighted by atomic mass is 16.1. The SMILES string of the molecule is Cn1nc(C2CN(CC3CC3)C2)c2c3c(c(=O)[nH]c21)CCCC3. The van der Waals surface area contributed by atoms with Crippen LogP contribution in [0.4, 0.5) is 0 Å². The maximum atomic E-state index is 12.4. The molecule has 1 saturated heterocycles. The van der Waals surface area contributed by atoms with Crippen LogP contribution in [0.2, 0.25) is 0 Å². The minimum absolute atomic E-state index is 0.103. The number of fused-ring (bicyclic) bond motifs is 3. The van der Waals surface area contributed by atoms with Gasteiger partial charge in [-0.15, -0.1) is 0 Å². The van der Waals surface area contributed by atoms with Crippen molar-refractivity contribution < 1.29 is 0 Å². The van der Waals surface area contributed by atoms with E-state index in [9.17, 15) is 4.79 Å². The average molecular weight is 312 g/mol. The maximum absolute atomic E-state index is 12.4. The average Bonchev–Trinajstić information content (AvgIpc) is 3.27. The summed E-state index contributed by atoms with van der Waals surface area (Å²) in [4.78, 5) is 18.0. The Morgan fingerprint density at radius 1 is 1.17 bits per heavy atom. The predicted octanol–water partition coefficient (Wildman–Crippen LogP) is 1.95. The minimum atomic E-state index is 0.103. The van der Waals surface area contributed by atoms with Gasteiger partial charge in [-0.1, -0.05) is 0 Å². The molecule has 0 atom stereocenters. The van der Waals surface area contributed by atoms with Gasteiger partial charge in [-0.2, -0.15) is 5.10 Å². The molecule has 0 aromatic carbocycles. The van der Waals surface area contributed by atoms with Crippen LogP contribution < -0.4 is 5.56 Å². The van der Waals surface area contributed by atoms with Gasteiger partial charge >= 0.3 is 0 Å². The highest BCUT2D eigenvalue weighted by Crippen LogP contribution is 2.37. The zero-order valence-electron chi connectivity index (χ0n) is 13.8. The Morgan fingerprint density at radius 3 is 2.65 bits per heavy atom. The molecule has 2 aromatic heterocycles. The fourth-order valence-corrected chi connectivity index (χ4v) is 4.44. The van der Waals surface area contributed by atoms with Gasteiger partial charge in [0, 0.05) is 43.5 Å². The summed E-state index contributed by atoms with van der Waals surface area (Å²) in [6, 6.07) is 0. The first-order valence-corrected chi connectivity index (χ1v) is 9.03. The first-order chi connectivity index (χ1) is 11.2. The summed E-state index contributed by atoms with van der Waals surface area (Å²) in [7, 11) is 1.96. The van der Waals surface area contributed by atoms with Crippen molar-refractivity contribution in [2.75, 3.05) is 19.6 Å². The van der Waals surface area contributed by atoms with Crippen LogP contribution in [0, 0.1) is 5.92 Å². The van der Waals surface area contributed by atoms with E-state index >= 15 is 0 Å². The zero-order chi connectivity index (χ0) is 15.6. The van der Waals surface area contributed by atoms with E-state index < -0.39 is 0 Å². The van der Waals surface area contributed by atoms with Gasteiger partial charge < -0.3 is 9.88 Å². The summed E-state index contributed by atoms with van der Waals surface area (Å²) in [6.07, 6.45) is 7.12. The summed E-state index contributed by atoms with van der Waals surface area (Å²) in [6.45, 7) is 3.54. The summed E-state index contributed by atoms with van der Waals surface area (Å²) in [5.74, 6) is 1.50. The van der Waals surface area contributed by atoms with Crippen molar-refractivity contribution in [2.45, 2.75) is 44.4 Å². The van der Waals surface area contributed by atoms with Crippen LogP contribution in [0.3, 0.4) is 0 Å². The molecule has 3 aliphatic rings. The number of nitrogens with zero attached hydrogens (tertiary/aromatic N) is 3. The maximum Gasteiger partial charge on any atom is 0.253 e. The summed E-state index contributed by atoms with van der Waals surface area (Å²) >= 11 is 0. The smallest absolute Gasteiger partial charge is 0.253 e. The van der Waals surface area contributed by atoms with Crippen LogP contribution in [-0.2, 0) is 19.9 Å². The molecule has 23 heavy (non-hydrogen) atoms. The number of nitrogens with one attached hydrogen (secondary N) is 1. The van der Waals surface area contributed by atoms with Crippen LogP contribution in [0.25, 0.3) is 11.0 Å². The lowest BCUT2D eigenvalue weighted by atomic mass is 9.87. The van der Waals surface area contributed by atoms with Gasteiger partial charge in [0.25, 0.3) is 5.56 Å². The molecule has 0 bridgehead atoms. The van der Waals surface area contributed by atoms with Gasteiger partial charge in [0.1, 0.15) is 5.65 Å². The van der Waals surface area contributed by atoms with Gasteiger partial charge in [0.2, 0.25) is 0 Å². The Morgan fingerprint density at radius 2 is 1.91 bits per heavy atom. The molecule has 2 fully saturated rings. The van der Waals surface area contributed by atoms with E-state index in [1.165, 1.54) is 42.5 Å². The second kappa shape index (κ2) is 4.94. The number of pyridine rings is 1. The first kappa shape index (κ1) is 13.8. The standard InChI is InChI=1S/C18H24N4O/c1-21-17-15(13-4-2-3-5-14(13)18(23)19-17)16(20-21)12-9-22(10-12)8-11-6-7-11/h11-12H,2-10H2,1H3,(H,19,23). The largest absolute Gasteiger partial charge is 0.307 e. The van der Waals surface area contributed by atoms with Crippen molar-refractivity contribution in [3.8, 4) is 0 Å². The van der Waals surface area contributed by atoms with E-state index in [-0.39, 0.29) is 5.56 Å². The quantitative estimate of drug-likeness (QED) is 0.942. The number of H-pyrrole nitrogens is 1. The van der Waals surface area contributed by atoms with E-state index in [4.69, 9.17) is 5.10 Å². The lowest BCUT2D eigenvalue weighted by molar-refractivity contribution is 0.139. The van der Waals surface area contributed by atoms with Gasteiger partial charge in [-0.3, -0.25) is 9.48 Å². The topological polar surface area (TPSA) is 53.9 Å². The second-order valence-corrected chi connectivity index (χ2v) is 7.71. The third kappa shape index (κ3) is 2.17. The molecule has 5 rings (SSSR count). The van der Waals surface area contributed by atoms with Gasteiger partial charge in [0.05, 0.1) is 5.69 Å². The van der Waals surface area contributed by atoms with E-state index in [2.05, 4.69) is 9.88 Å². The van der Waals surface area contributed by atoms with Crippen molar-refractivity contribution in [3.05, 3.63) is 27.2 Å². The third-order valence-electron chi connectivity index (χ3n) is 5.91. The van der Waals surface area contributed by atoms with Crippen molar-refractivity contribution in [2.24, 2.45) is 13.0 Å². The molecular weight excluding hydrogens is 288 g/mol. The molecule has 3 heterocycles. The van der Waals surface area contributed by atoms with Crippen molar-refractivity contribution in [3.63, 3.8) is 0 Å². The summed E-state index contributed by atoms with van der Waals surface area (Å²) in [5, 5.41) is 6.07. The molecule has 0 amide bonds. The number of aromatic nitrogens is 3. The molecule has 1 N–H and O–H groups in total. The zero-order valence-corrected chi connectivity index (χ0v) is 13.8. The first-order valence-electron chi connectivity index (χ1n) is 9.03. The number of aromatic amines is 1. The lowest BCUT2D eigenvalue weighted by Gasteiger charge is -2.38. The van der Waals surface area contributed by atoms with E-state index in [1.54, 1.807) is 0 Å². The Hall–Kier alpha value is -1.62. The lowest BCUT2D eigenvalue weighted by Crippen LogP contribution is -2.46. The molecule has 0 radical (unpaired) electrons. The molecular formula is C18H24N4O. The molecule has 2 aliphatic carbocycles. The Kier molecular flexibility index (Phi) is 2.96. The molecule has 1 saturated carbocycles. The van der Waals surface area contributed by atoms with Crippen molar-refractivity contribution in [1.82, 2.24) is 19.7 Å². The summed E-state index contributed by atoms with van der Waals surface area (Å²) < 4.78 is 1.88. The highest BCUT2D eigenvalue weighted by Gasteiger charge is 2.36. The van der Waals surface area contributed by atoms with Crippen LogP contribution in [-0.4, -0.2) is 39.3 Å². The monoisotopic (exact) mass is 312 g/mol. The fraction of sp³-hybridized carbons (Fsp3) is 0.667. The van der Waals surface area contributed by atoms with Crippen molar-refractivity contribution >= 4 is 11.0 Å². The molecule has 5 heteroatoms. The Bertz CT molecular complexity index is 824. The Balaban J connectivity index is 1.55. The van der Waals surface area contributed by atoms with Crippen LogP contribution >= 0.6 is 0 Å². The second-order valence-electron chi connectivity index (χ2n) is 7.71. The number of hydrogen-bond donors (Lipinski definition) is 1.